The fourth-order valence-electron chi connectivity index (χ4n) is 1.22. The number of nitrogens with zero attached hydrogens (tertiary/aromatic N) is 1. The van der Waals surface area contributed by atoms with Gasteiger partial charge in [0.05, 0.1) is 12.2 Å². The number of carbonyl (C=O) groups excluding carboxylic acids is 1. The van der Waals surface area contributed by atoms with Crippen molar-refractivity contribution in [3.63, 3.8) is 0 Å². The van der Waals surface area contributed by atoms with Crippen molar-refractivity contribution < 1.29 is 9.53 Å². The van der Waals surface area contributed by atoms with Crippen molar-refractivity contribution in [2.75, 3.05) is 27.2 Å². The molecule has 88 valence electrons. The summed E-state index contributed by atoms with van der Waals surface area (Å²) in [6, 6.07) is 0. The maximum absolute atomic E-state index is 11.6. The minimum absolute atomic E-state index is 0.275. The number of esters is 1. The number of hydrogen-bond acceptors (Lipinski definition) is 4. The summed E-state index contributed by atoms with van der Waals surface area (Å²) in [7, 11) is 3.99. The van der Waals surface area contributed by atoms with Crippen LogP contribution in [0.15, 0.2) is 36.2 Å². The van der Waals surface area contributed by atoms with E-state index in [-0.39, 0.29) is 5.97 Å². The van der Waals surface area contributed by atoms with Crippen LogP contribution in [-0.2, 0) is 9.53 Å². The zero-order valence-corrected chi connectivity index (χ0v) is 9.77. The molecule has 4 heteroatoms. The number of allylic oxidation sites excluding steroid dienone is 2. The van der Waals surface area contributed by atoms with Crippen LogP contribution in [0, 0.1) is 0 Å². The van der Waals surface area contributed by atoms with Crippen LogP contribution in [0.25, 0.3) is 0 Å². The van der Waals surface area contributed by atoms with E-state index in [2.05, 4.69) is 10.2 Å². The highest BCUT2D eigenvalue weighted by atomic mass is 16.5. The number of nitrogens with one attached hydrogen (secondary N) is 1. The first-order valence-electron chi connectivity index (χ1n) is 5.31. The molecule has 0 aromatic heterocycles. The zero-order chi connectivity index (χ0) is 11.8. The summed E-state index contributed by atoms with van der Waals surface area (Å²) in [6.07, 6.45) is 9.51. The Morgan fingerprint density at radius 2 is 2.25 bits per heavy atom. The molecule has 0 atom stereocenters. The van der Waals surface area contributed by atoms with Crippen molar-refractivity contribution in [1.29, 1.82) is 0 Å². The van der Waals surface area contributed by atoms with E-state index in [9.17, 15) is 4.79 Å². The summed E-state index contributed by atoms with van der Waals surface area (Å²) in [6.45, 7) is 1.38. The molecule has 4 nitrogen and oxygen atoms in total. The minimum atomic E-state index is -0.275. The fraction of sp³-hybridized carbons (Fsp3) is 0.417. The van der Waals surface area contributed by atoms with Crippen LogP contribution < -0.4 is 5.32 Å². The number of hydrogen-bond donors (Lipinski definition) is 1. The predicted octanol–water partition coefficient (Wildman–Crippen LogP) is 1.04. The molecule has 0 amide bonds. The van der Waals surface area contributed by atoms with Gasteiger partial charge in [0, 0.05) is 18.9 Å². The second-order valence-corrected chi connectivity index (χ2v) is 3.77. The van der Waals surface area contributed by atoms with Crippen molar-refractivity contribution in [2.45, 2.75) is 6.42 Å². The van der Waals surface area contributed by atoms with E-state index in [1.54, 1.807) is 30.6 Å². The molecular weight excluding hydrogens is 204 g/mol. The SMILES string of the molecule is CN(C)CCCOC(=O)C1=CC=CNC=C1. The Bertz CT molecular complexity index is 317. The van der Waals surface area contributed by atoms with E-state index in [1.165, 1.54) is 0 Å². The molecule has 1 aliphatic rings. The van der Waals surface area contributed by atoms with Crippen molar-refractivity contribution in [3.8, 4) is 0 Å². The van der Waals surface area contributed by atoms with Crippen LogP contribution in [0.3, 0.4) is 0 Å². The van der Waals surface area contributed by atoms with Gasteiger partial charge in [-0.05, 0) is 38.7 Å². The van der Waals surface area contributed by atoms with E-state index in [0.717, 1.165) is 13.0 Å². The van der Waals surface area contributed by atoms with Gasteiger partial charge in [-0.1, -0.05) is 0 Å². The van der Waals surface area contributed by atoms with Gasteiger partial charge in [0.25, 0.3) is 0 Å². The molecular formula is C12H18N2O2. The van der Waals surface area contributed by atoms with E-state index in [1.807, 2.05) is 14.1 Å². The van der Waals surface area contributed by atoms with Crippen molar-refractivity contribution in [1.82, 2.24) is 10.2 Å². The molecule has 1 aliphatic heterocycles. The molecule has 0 fully saturated rings. The monoisotopic (exact) mass is 222 g/mol. The molecule has 16 heavy (non-hydrogen) atoms. The summed E-state index contributed by atoms with van der Waals surface area (Å²) in [5, 5.41) is 2.89. The summed E-state index contributed by atoms with van der Waals surface area (Å²) >= 11 is 0. The van der Waals surface area contributed by atoms with Crippen LogP contribution >= 0.6 is 0 Å². The Kier molecular flexibility index (Phi) is 5.36. The van der Waals surface area contributed by atoms with Gasteiger partial charge in [-0.15, -0.1) is 0 Å². The first kappa shape index (κ1) is 12.5. The normalized spacial score (nSPS) is 14.3. The van der Waals surface area contributed by atoms with Gasteiger partial charge in [-0.2, -0.15) is 0 Å². The Morgan fingerprint density at radius 1 is 1.44 bits per heavy atom. The lowest BCUT2D eigenvalue weighted by molar-refractivity contribution is -0.138. The number of carbonyl (C=O) groups is 1. The zero-order valence-electron chi connectivity index (χ0n) is 9.77. The third-order valence-electron chi connectivity index (χ3n) is 2.05. The lowest BCUT2D eigenvalue weighted by Gasteiger charge is -2.09. The second-order valence-electron chi connectivity index (χ2n) is 3.77. The second kappa shape index (κ2) is 6.85. The summed E-state index contributed by atoms with van der Waals surface area (Å²) in [4.78, 5) is 13.6. The molecule has 0 aliphatic carbocycles. The van der Waals surface area contributed by atoms with Gasteiger partial charge in [-0.3, -0.25) is 0 Å². The predicted molar refractivity (Wildman–Crippen MR) is 63.6 cm³/mol. The highest BCUT2D eigenvalue weighted by molar-refractivity contribution is 5.91. The van der Waals surface area contributed by atoms with Crippen LogP contribution in [0.5, 0.6) is 0 Å². The first-order chi connectivity index (χ1) is 7.70. The fourth-order valence-corrected chi connectivity index (χ4v) is 1.22. The molecule has 0 saturated heterocycles. The molecule has 1 heterocycles. The third kappa shape index (κ3) is 4.79. The standard InChI is InChI=1S/C12H18N2O2/c1-14(2)9-4-10-16-12(15)11-5-3-7-13-8-6-11/h3,5-8,13H,4,9-10H2,1-2H3. The smallest absolute Gasteiger partial charge is 0.338 e. The maximum atomic E-state index is 11.6. The highest BCUT2D eigenvalue weighted by Gasteiger charge is 2.07. The molecule has 0 radical (unpaired) electrons. The van der Waals surface area contributed by atoms with Crippen LogP contribution in [0.1, 0.15) is 6.42 Å². The van der Waals surface area contributed by atoms with Gasteiger partial charge >= 0.3 is 5.97 Å². The minimum Gasteiger partial charge on any atom is -0.462 e. The molecule has 0 aromatic carbocycles. The van der Waals surface area contributed by atoms with Crippen molar-refractivity contribution >= 4 is 5.97 Å². The average Bonchev–Trinajstić information content (AvgIpc) is 2.52. The van der Waals surface area contributed by atoms with E-state index >= 15 is 0 Å². The van der Waals surface area contributed by atoms with Crippen molar-refractivity contribution in [2.24, 2.45) is 0 Å². The van der Waals surface area contributed by atoms with Gasteiger partial charge in [0.15, 0.2) is 0 Å². The quantitative estimate of drug-likeness (QED) is 0.557. The largest absolute Gasteiger partial charge is 0.462 e. The van der Waals surface area contributed by atoms with Crippen LogP contribution in [-0.4, -0.2) is 38.1 Å². The topological polar surface area (TPSA) is 41.6 Å². The van der Waals surface area contributed by atoms with Gasteiger partial charge in [0.2, 0.25) is 0 Å². The number of rotatable bonds is 5. The highest BCUT2D eigenvalue weighted by Crippen LogP contribution is 2.03. The average molecular weight is 222 g/mol. The van der Waals surface area contributed by atoms with E-state index < -0.39 is 0 Å². The lowest BCUT2D eigenvalue weighted by Crippen LogP contribution is -2.16. The van der Waals surface area contributed by atoms with Crippen LogP contribution in [0.4, 0.5) is 0 Å². The lowest BCUT2D eigenvalue weighted by atomic mass is 10.2. The summed E-state index contributed by atoms with van der Waals surface area (Å²) in [5.41, 5.74) is 0.561. The molecule has 1 N–H and O–H groups in total. The maximum Gasteiger partial charge on any atom is 0.338 e. The number of ether oxygens (including phenoxy) is 1. The Hall–Kier alpha value is -1.55. The Labute approximate surface area is 96.3 Å². The van der Waals surface area contributed by atoms with Gasteiger partial charge in [-0.25, -0.2) is 4.79 Å². The molecule has 0 unspecified atom stereocenters. The van der Waals surface area contributed by atoms with E-state index in [4.69, 9.17) is 4.74 Å². The molecule has 0 saturated carbocycles. The van der Waals surface area contributed by atoms with Crippen LogP contribution in [0.2, 0.25) is 0 Å². The summed E-state index contributed by atoms with van der Waals surface area (Å²) < 4.78 is 5.14. The van der Waals surface area contributed by atoms with Crippen molar-refractivity contribution in [3.05, 3.63) is 36.2 Å². The third-order valence-corrected chi connectivity index (χ3v) is 2.05. The molecule has 0 spiro atoms. The molecule has 0 bridgehead atoms. The first-order valence-corrected chi connectivity index (χ1v) is 5.31. The molecule has 1 rings (SSSR count). The van der Waals surface area contributed by atoms with Gasteiger partial charge < -0.3 is 15.0 Å². The Morgan fingerprint density at radius 3 is 3.00 bits per heavy atom. The molecule has 0 aromatic rings. The summed E-state index contributed by atoms with van der Waals surface area (Å²) in [5.74, 6) is -0.275. The Balaban J connectivity index is 2.29. The van der Waals surface area contributed by atoms with E-state index in [0.29, 0.717) is 12.2 Å². The van der Waals surface area contributed by atoms with Gasteiger partial charge in [0.1, 0.15) is 0 Å².